The van der Waals surface area contributed by atoms with Crippen LogP contribution in [0, 0.1) is 11.8 Å². The SMILES string of the molecule is C=C(C(=O)OC12CC3CC(C1)CC(OS(=O)(=O)C(F)(F)F)(C3)C2)C(F)(F)F. The van der Waals surface area contributed by atoms with Gasteiger partial charge in [0.2, 0.25) is 0 Å². The first-order chi connectivity index (χ1) is 12.1. The van der Waals surface area contributed by atoms with Gasteiger partial charge in [-0.05, 0) is 43.9 Å². The molecule has 4 saturated carbocycles. The predicted octanol–water partition coefficient (Wildman–Crippen LogP) is 3.61. The number of carbonyl (C=O) groups is 1. The van der Waals surface area contributed by atoms with Crippen molar-refractivity contribution in [1.29, 1.82) is 0 Å². The molecule has 0 aromatic heterocycles. The molecule has 12 heteroatoms. The topological polar surface area (TPSA) is 69.7 Å². The van der Waals surface area contributed by atoms with Gasteiger partial charge < -0.3 is 4.74 Å². The van der Waals surface area contributed by atoms with Gasteiger partial charge >= 0.3 is 27.8 Å². The van der Waals surface area contributed by atoms with Crippen molar-refractivity contribution in [2.24, 2.45) is 11.8 Å². The van der Waals surface area contributed by atoms with Crippen molar-refractivity contribution in [2.45, 2.75) is 61.4 Å². The third kappa shape index (κ3) is 3.69. The minimum atomic E-state index is -5.89. The lowest BCUT2D eigenvalue weighted by atomic mass is 9.52. The molecule has 154 valence electrons. The van der Waals surface area contributed by atoms with Crippen LogP contribution >= 0.6 is 0 Å². The van der Waals surface area contributed by atoms with Crippen LogP contribution in [-0.2, 0) is 23.8 Å². The predicted molar refractivity (Wildman–Crippen MR) is 77.5 cm³/mol. The van der Waals surface area contributed by atoms with Crippen LogP contribution in [0.15, 0.2) is 12.2 Å². The first-order valence-corrected chi connectivity index (χ1v) is 9.49. The van der Waals surface area contributed by atoms with Crippen LogP contribution in [0.4, 0.5) is 26.3 Å². The van der Waals surface area contributed by atoms with E-state index in [1.165, 1.54) is 0 Å². The number of alkyl halides is 6. The molecular formula is C15H16F6O5S. The maximum absolute atomic E-state index is 12.7. The molecule has 27 heavy (non-hydrogen) atoms. The summed E-state index contributed by atoms with van der Waals surface area (Å²) in [5.41, 5.74) is -10.6. The Balaban J connectivity index is 1.86. The molecule has 4 bridgehead atoms. The standard InChI is InChI=1S/C15H16F6O5S/c1-8(14(16,17)18)11(22)25-12-3-9-2-10(4-12)6-13(5-9,7-12)26-27(23,24)15(19,20)21/h9-10H,1-7H2. The van der Waals surface area contributed by atoms with Gasteiger partial charge in [-0.3, -0.25) is 4.18 Å². The maximum Gasteiger partial charge on any atom is 0.523 e. The van der Waals surface area contributed by atoms with Crippen molar-refractivity contribution >= 4 is 16.1 Å². The molecule has 4 aliphatic rings. The van der Waals surface area contributed by atoms with E-state index in [4.69, 9.17) is 4.74 Å². The maximum atomic E-state index is 12.7. The Morgan fingerprint density at radius 1 is 0.963 bits per heavy atom. The zero-order valence-electron chi connectivity index (χ0n) is 13.8. The smallest absolute Gasteiger partial charge is 0.455 e. The van der Waals surface area contributed by atoms with Crippen molar-refractivity contribution in [3.8, 4) is 0 Å². The summed E-state index contributed by atoms with van der Waals surface area (Å²) in [5, 5.41) is 0. The number of hydrogen-bond acceptors (Lipinski definition) is 5. The van der Waals surface area contributed by atoms with Crippen LogP contribution in [0.3, 0.4) is 0 Å². The van der Waals surface area contributed by atoms with Gasteiger partial charge in [-0.15, -0.1) is 0 Å². The zero-order chi connectivity index (χ0) is 20.5. The molecule has 0 spiro atoms. The second-order valence-electron chi connectivity index (χ2n) is 7.68. The Morgan fingerprint density at radius 2 is 1.44 bits per heavy atom. The highest BCUT2D eigenvalue weighted by molar-refractivity contribution is 7.87. The first-order valence-electron chi connectivity index (χ1n) is 8.08. The van der Waals surface area contributed by atoms with E-state index < -0.39 is 51.0 Å². The van der Waals surface area contributed by atoms with Crippen LogP contribution in [0.2, 0.25) is 0 Å². The van der Waals surface area contributed by atoms with E-state index in [1.807, 2.05) is 0 Å². The molecule has 2 atom stereocenters. The molecule has 0 radical (unpaired) electrons. The molecule has 4 fully saturated rings. The third-order valence-corrected chi connectivity index (χ3v) is 6.56. The molecule has 0 aromatic carbocycles. The Kier molecular flexibility index (Phi) is 4.43. The van der Waals surface area contributed by atoms with E-state index in [0.29, 0.717) is 6.42 Å². The zero-order valence-corrected chi connectivity index (χ0v) is 14.6. The molecule has 5 nitrogen and oxygen atoms in total. The van der Waals surface area contributed by atoms with E-state index in [-0.39, 0.29) is 37.5 Å². The second-order valence-corrected chi connectivity index (χ2v) is 9.21. The molecule has 0 saturated heterocycles. The van der Waals surface area contributed by atoms with Crippen molar-refractivity contribution in [3.63, 3.8) is 0 Å². The number of hydrogen-bond donors (Lipinski definition) is 0. The molecule has 0 aliphatic heterocycles. The van der Waals surface area contributed by atoms with Gasteiger partial charge in [0.15, 0.2) is 0 Å². The number of halogens is 6. The van der Waals surface area contributed by atoms with Crippen LogP contribution in [-0.4, -0.2) is 37.3 Å². The highest BCUT2D eigenvalue weighted by atomic mass is 32.2. The van der Waals surface area contributed by atoms with Gasteiger partial charge in [0, 0.05) is 6.42 Å². The van der Waals surface area contributed by atoms with Gasteiger partial charge in [-0.25, -0.2) is 4.79 Å². The monoisotopic (exact) mass is 422 g/mol. The van der Waals surface area contributed by atoms with Crippen molar-refractivity contribution < 1.29 is 48.5 Å². The summed E-state index contributed by atoms with van der Waals surface area (Å²) >= 11 is 0. The lowest BCUT2D eigenvalue weighted by molar-refractivity contribution is -0.215. The van der Waals surface area contributed by atoms with Crippen LogP contribution in [0.5, 0.6) is 0 Å². The number of esters is 1. The molecule has 2 unspecified atom stereocenters. The fraction of sp³-hybridized carbons (Fsp3) is 0.800. The summed E-state index contributed by atoms with van der Waals surface area (Å²) in [7, 11) is -5.89. The number of ether oxygens (including phenoxy) is 1. The fourth-order valence-electron chi connectivity index (χ4n) is 4.97. The molecule has 4 aliphatic carbocycles. The Bertz CT molecular complexity index is 755. The van der Waals surface area contributed by atoms with Gasteiger partial charge in [0.05, 0.1) is 5.60 Å². The normalized spacial score (nSPS) is 35.9. The average Bonchev–Trinajstić information content (AvgIpc) is 2.40. The van der Waals surface area contributed by atoms with E-state index in [2.05, 4.69) is 10.8 Å². The second kappa shape index (κ2) is 5.85. The van der Waals surface area contributed by atoms with E-state index >= 15 is 0 Å². The fourth-order valence-corrected chi connectivity index (χ4v) is 5.72. The van der Waals surface area contributed by atoms with E-state index in [1.54, 1.807) is 0 Å². The van der Waals surface area contributed by atoms with Crippen LogP contribution in [0.1, 0.15) is 38.5 Å². The van der Waals surface area contributed by atoms with Crippen LogP contribution < -0.4 is 0 Å². The van der Waals surface area contributed by atoms with Gasteiger partial charge in [-0.1, -0.05) is 6.58 Å². The molecular weight excluding hydrogens is 406 g/mol. The summed E-state index contributed by atoms with van der Waals surface area (Å²) in [6.45, 7) is 2.66. The molecule has 0 aromatic rings. The minimum Gasteiger partial charge on any atom is -0.455 e. The molecule has 4 rings (SSSR count). The highest BCUT2D eigenvalue weighted by Crippen LogP contribution is 2.61. The molecule has 0 N–H and O–H groups in total. The summed E-state index contributed by atoms with van der Waals surface area (Å²) in [4.78, 5) is 11.8. The highest BCUT2D eigenvalue weighted by Gasteiger charge is 2.64. The first kappa shape index (κ1) is 20.4. The Labute approximate surface area is 150 Å². The number of carbonyl (C=O) groups excluding carboxylic acids is 1. The summed E-state index contributed by atoms with van der Waals surface area (Å²) < 4.78 is 109. The van der Waals surface area contributed by atoms with Gasteiger partial charge in [-0.2, -0.15) is 34.8 Å². The van der Waals surface area contributed by atoms with Crippen molar-refractivity contribution in [1.82, 2.24) is 0 Å². The van der Waals surface area contributed by atoms with Crippen molar-refractivity contribution in [2.75, 3.05) is 0 Å². The summed E-state index contributed by atoms with van der Waals surface area (Å²) in [6.07, 6.45) is -4.52. The molecule has 0 amide bonds. The minimum absolute atomic E-state index is 0.0122. The quantitative estimate of drug-likeness (QED) is 0.228. The molecule has 0 heterocycles. The Morgan fingerprint density at radius 3 is 1.89 bits per heavy atom. The van der Waals surface area contributed by atoms with Gasteiger partial charge in [0.25, 0.3) is 0 Å². The summed E-state index contributed by atoms with van der Waals surface area (Å²) in [5.74, 6) is -2.32. The van der Waals surface area contributed by atoms with Gasteiger partial charge in [0.1, 0.15) is 11.2 Å². The van der Waals surface area contributed by atoms with Crippen molar-refractivity contribution in [3.05, 3.63) is 12.2 Å². The van der Waals surface area contributed by atoms with E-state index in [9.17, 15) is 39.6 Å². The third-order valence-electron chi connectivity index (χ3n) is 5.42. The lowest BCUT2D eigenvalue weighted by Gasteiger charge is -2.60. The summed E-state index contributed by atoms with van der Waals surface area (Å²) in [6, 6.07) is 0. The Hall–Kier alpha value is -1.30. The number of rotatable bonds is 4. The van der Waals surface area contributed by atoms with E-state index in [0.717, 1.165) is 0 Å². The average molecular weight is 422 g/mol. The largest absolute Gasteiger partial charge is 0.523 e. The van der Waals surface area contributed by atoms with Crippen LogP contribution in [0.25, 0.3) is 0 Å². The lowest BCUT2D eigenvalue weighted by Crippen LogP contribution is -2.62.